The lowest BCUT2D eigenvalue weighted by atomic mass is 9.95. The molecule has 0 N–H and O–H groups in total. The maximum atomic E-state index is 12.0. The summed E-state index contributed by atoms with van der Waals surface area (Å²) >= 11 is 0. The van der Waals surface area contributed by atoms with Crippen LogP contribution >= 0.6 is 0 Å². The largest absolute Gasteiger partial charge is 0.454 e. The maximum Gasteiger partial charge on any atom is 0.231 e. The van der Waals surface area contributed by atoms with Gasteiger partial charge in [0, 0.05) is 12.8 Å². The van der Waals surface area contributed by atoms with Crippen molar-refractivity contribution in [3.63, 3.8) is 0 Å². The average molecular weight is 246 g/mol. The molecule has 0 aromatic heterocycles. The lowest BCUT2D eigenvalue weighted by Gasteiger charge is -2.35. The molecule has 1 atom stereocenters. The molecule has 0 radical (unpaired) electrons. The molecule has 1 unspecified atom stereocenters. The Balaban J connectivity index is 1.43. The molecule has 4 rings (SSSR count). The molecule has 1 spiro atoms. The molecule has 94 valence electrons. The van der Waals surface area contributed by atoms with E-state index in [0.29, 0.717) is 6.42 Å². The Morgan fingerprint density at radius 1 is 1.28 bits per heavy atom. The zero-order valence-corrected chi connectivity index (χ0v) is 9.98. The van der Waals surface area contributed by atoms with Crippen LogP contribution in [0.1, 0.15) is 24.8 Å². The third-order valence-corrected chi connectivity index (χ3v) is 3.93. The Bertz CT molecular complexity index is 511. The molecule has 2 aliphatic heterocycles. The number of fused-ring (bicyclic) bond motifs is 1. The van der Waals surface area contributed by atoms with Gasteiger partial charge in [-0.15, -0.1) is 0 Å². The number of hydrogen-bond acceptors (Lipinski definition) is 4. The standard InChI is InChI=1S/C14H14O4/c15-10(13-7-14(18-13)3-4-14)5-9-1-2-11-12(6-9)17-8-16-11/h1-2,6,13H,3-5,7-8H2. The number of Topliss-reactive ketones (excluding diaryl/α,β-unsaturated/α-hetero) is 1. The first-order valence-electron chi connectivity index (χ1n) is 6.33. The molecule has 1 aromatic rings. The summed E-state index contributed by atoms with van der Waals surface area (Å²) in [6, 6.07) is 5.65. The summed E-state index contributed by atoms with van der Waals surface area (Å²) in [5, 5.41) is 0. The van der Waals surface area contributed by atoms with E-state index in [1.807, 2.05) is 18.2 Å². The van der Waals surface area contributed by atoms with E-state index in [4.69, 9.17) is 14.2 Å². The van der Waals surface area contributed by atoms with Crippen LogP contribution in [-0.2, 0) is 16.0 Å². The molecule has 4 heteroatoms. The highest BCUT2D eigenvalue weighted by Gasteiger charge is 2.56. The van der Waals surface area contributed by atoms with Gasteiger partial charge in [-0.05, 0) is 30.5 Å². The topological polar surface area (TPSA) is 44.8 Å². The smallest absolute Gasteiger partial charge is 0.231 e. The van der Waals surface area contributed by atoms with Crippen LogP contribution < -0.4 is 9.47 Å². The van der Waals surface area contributed by atoms with Crippen molar-refractivity contribution in [1.82, 2.24) is 0 Å². The molecule has 1 saturated carbocycles. The van der Waals surface area contributed by atoms with Gasteiger partial charge in [0.25, 0.3) is 0 Å². The molecule has 2 heterocycles. The summed E-state index contributed by atoms with van der Waals surface area (Å²) in [5.41, 5.74) is 1.07. The molecular formula is C14H14O4. The van der Waals surface area contributed by atoms with Gasteiger partial charge < -0.3 is 14.2 Å². The second-order valence-corrected chi connectivity index (χ2v) is 5.32. The molecular weight excluding hydrogens is 232 g/mol. The molecule has 1 aromatic carbocycles. The molecule has 2 fully saturated rings. The van der Waals surface area contributed by atoms with Gasteiger partial charge in [0.1, 0.15) is 6.10 Å². The highest BCUT2D eigenvalue weighted by molar-refractivity contribution is 5.86. The van der Waals surface area contributed by atoms with E-state index >= 15 is 0 Å². The second kappa shape index (κ2) is 3.48. The monoisotopic (exact) mass is 246 g/mol. The number of carbonyl (C=O) groups excluding carboxylic acids is 1. The minimum Gasteiger partial charge on any atom is -0.454 e. The van der Waals surface area contributed by atoms with Crippen molar-refractivity contribution in [3.8, 4) is 11.5 Å². The average Bonchev–Trinajstić information content (AvgIpc) is 2.99. The van der Waals surface area contributed by atoms with Crippen molar-refractivity contribution in [3.05, 3.63) is 23.8 Å². The maximum absolute atomic E-state index is 12.0. The van der Waals surface area contributed by atoms with Gasteiger partial charge in [-0.3, -0.25) is 4.79 Å². The van der Waals surface area contributed by atoms with E-state index < -0.39 is 0 Å². The number of rotatable bonds is 3. The number of ether oxygens (including phenoxy) is 3. The second-order valence-electron chi connectivity index (χ2n) is 5.32. The van der Waals surface area contributed by atoms with Gasteiger partial charge in [0.2, 0.25) is 6.79 Å². The molecule has 0 amide bonds. The minimum absolute atomic E-state index is 0.106. The Morgan fingerprint density at radius 2 is 2.06 bits per heavy atom. The van der Waals surface area contributed by atoms with Crippen LogP contribution in [0.2, 0.25) is 0 Å². The summed E-state index contributed by atoms with van der Waals surface area (Å²) in [6.07, 6.45) is 3.40. The van der Waals surface area contributed by atoms with Crippen LogP contribution in [0.4, 0.5) is 0 Å². The number of ketones is 1. The van der Waals surface area contributed by atoms with Crippen molar-refractivity contribution in [2.75, 3.05) is 6.79 Å². The van der Waals surface area contributed by atoms with Crippen molar-refractivity contribution >= 4 is 5.78 Å². The van der Waals surface area contributed by atoms with Crippen LogP contribution in [0, 0.1) is 0 Å². The lowest BCUT2D eigenvalue weighted by Crippen LogP contribution is -2.45. The van der Waals surface area contributed by atoms with Crippen LogP contribution in [-0.4, -0.2) is 24.3 Å². The van der Waals surface area contributed by atoms with Gasteiger partial charge in [-0.2, -0.15) is 0 Å². The van der Waals surface area contributed by atoms with Crippen molar-refractivity contribution < 1.29 is 19.0 Å². The summed E-state index contributed by atoms with van der Waals surface area (Å²) < 4.78 is 16.2. The van der Waals surface area contributed by atoms with Crippen molar-refractivity contribution in [1.29, 1.82) is 0 Å². The molecule has 18 heavy (non-hydrogen) atoms. The van der Waals surface area contributed by atoms with E-state index in [-0.39, 0.29) is 24.3 Å². The lowest BCUT2D eigenvalue weighted by molar-refractivity contribution is -0.168. The number of carbonyl (C=O) groups is 1. The van der Waals surface area contributed by atoms with Crippen LogP contribution in [0.25, 0.3) is 0 Å². The predicted octanol–water partition coefficient (Wildman–Crippen LogP) is 1.85. The van der Waals surface area contributed by atoms with E-state index in [0.717, 1.165) is 36.3 Å². The fraction of sp³-hybridized carbons (Fsp3) is 0.500. The fourth-order valence-corrected chi connectivity index (χ4v) is 2.64. The minimum atomic E-state index is -0.182. The van der Waals surface area contributed by atoms with Crippen LogP contribution in [0.15, 0.2) is 18.2 Å². The summed E-state index contributed by atoms with van der Waals surface area (Å²) in [4.78, 5) is 12.0. The van der Waals surface area contributed by atoms with Gasteiger partial charge in [0.15, 0.2) is 17.3 Å². The Morgan fingerprint density at radius 3 is 2.83 bits per heavy atom. The van der Waals surface area contributed by atoms with E-state index in [1.54, 1.807) is 0 Å². The molecule has 1 saturated heterocycles. The van der Waals surface area contributed by atoms with E-state index in [9.17, 15) is 4.79 Å². The van der Waals surface area contributed by atoms with Gasteiger partial charge in [-0.25, -0.2) is 0 Å². The summed E-state index contributed by atoms with van der Waals surface area (Å²) in [7, 11) is 0. The molecule has 1 aliphatic carbocycles. The zero-order chi connectivity index (χ0) is 12.2. The first kappa shape index (κ1) is 10.4. The first-order chi connectivity index (χ1) is 8.74. The Kier molecular flexibility index (Phi) is 2.01. The van der Waals surface area contributed by atoms with Crippen molar-refractivity contribution in [2.24, 2.45) is 0 Å². The normalized spacial score (nSPS) is 25.9. The first-order valence-corrected chi connectivity index (χ1v) is 6.33. The Hall–Kier alpha value is -1.55. The highest BCUT2D eigenvalue weighted by Crippen LogP contribution is 2.52. The molecule has 4 nitrogen and oxygen atoms in total. The molecule has 0 bridgehead atoms. The van der Waals surface area contributed by atoms with E-state index in [1.165, 1.54) is 0 Å². The van der Waals surface area contributed by atoms with Gasteiger partial charge in [-0.1, -0.05) is 6.07 Å². The Labute approximate surface area is 105 Å². The van der Waals surface area contributed by atoms with Crippen LogP contribution in [0.3, 0.4) is 0 Å². The summed E-state index contributed by atoms with van der Waals surface area (Å²) in [5.74, 6) is 1.66. The zero-order valence-electron chi connectivity index (χ0n) is 9.98. The van der Waals surface area contributed by atoms with E-state index in [2.05, 4.69) is 0 Å². The SMILES string of the molecule is O=C(Cc1ccc2c(c1)OCO2)C1CC2(CC2)O1. The fourth-order valence-electron chi connectivity index (χ4n) is 2.64. The van der Waals surface area contributed by atoms with Crippen molar-refractivity contribution in [2.45, 2.75) is 37.4 Å². The predicted molar refractivity (Wildman–Crippen MR) is 62.7 cm³/mol. The third kappa shape index (κ3) is 1.60. The quantitative estimate of drug-likeness (QED) is 0.816. The third-order valence-electron chi connectivity index (χ3n) is 3.93. The highest BCUT2D eigenvalue weighted by atomic mass is 16.7. The van der Waals surface area contributed by atoms with Gasteiger partial charge >= 0.3 is 0 Å². The number of hydrogen-bond donors (Lipinski definition) is 0. The van der Waals surface area contributed by atoms with Gasteiger partial charge in [0.05, 0.1) is 5.60 Å². The summed E-state index contributed by atoms with van der Waals surface area (Å²) in [6.45, 7) is 0.265. The van der Waals surface area contributed by atoms with Crippen LogP contribution in [0.5, 0.6) is 11.5 Å². The number of benzene rings is 1. The molecule has 3 aliphatic rings.